The highest BCUT2D eigenvalue weighted by Crippen LogP contribution is 2.18. The summed E-state index contributed by atoms with van der Waals surface area (Å²) < 4.78 is 38.7. The highest BCUT2D eigenvalue weighted by Gasteiger charge is 2.37. The third-order valence-electron chi connectivity index (χ3n) is 3.90. The molecule has 128 valence electrons. The van der Waals surface area contributed by atoms with Crippen LogP contribution in [0, 0.1) is 0 Å². The predicted octanol–water partition coefficient (Wildman–Crippen LogP) is -0.869. The SMILES string of the molecule is COCC(=O)N1CCN(S(=O)(=O)N2C[C@@H](C)O[C@@H](C)C2)CC1. The lowest BCUT2D eigenvalue weighted by atomic mass is 10.3. The maximum atomic E-state index is 12.7. The number of carbonyl (C=O) groups excluding carboxylic acids is 1. The average molecular weight is 335 g/mol. The fraction of sp³-hybridized carbons (Fsp3) is 0.923. The maximum Gasteiger partial charge on any atom is 0.282 e. The van der Waals surface area contributed by atoms with Crippen molar-refractivity contribution in [2.75, 3.05) is 53.0 Å². The number of ether oxygens (including phenoxy) is 2. The van der Waals surface area contributed by atoms with Gasteiger partial charge in [0.1, 0.15) is 6.61 Å². The first-order valence-corrected chi connectivity index (χ1v) is 8.91. The number of carbonyl (C=O) groups is 1. The molecule has 0 radical (unpaired) electrons. The first kappa shape index (κ1) is 17.6. The molecule has 0 aromatic carbocycles. The molecule has 0 bridgehead atoms. The lowest BCUT2D eigenvalue weighted by Crippen LogP contribution is -2.57. The van der Waals surface area contributed by atoms with E-state index in [-0.39, 0.29) is 24.7 Å². The molecular formula is C13H25N3O5S. The minimum absolute atomic E-state index is 0.0330. The van der Waals surface area contributed by atoms with E-state index in [0.29, 0.717) is 39.3 Å². The van der Waals surface area contributed by atoms with Gasteiger partial charge in [-0.25, -0.2) is 0 Å². The van der Waals surface area contributed by atoms with Gasteiger partial charge in [0.05, 0.1) is 12.2 Å². The normalized spacial score (nSPS) is 28.8. The average Bonchev–Trinajstić information content (AvgIpc) is 2.46. The first-order chi connectivity index (χ1) is 10.3. The molecule has 0 saturated carbocycles. The van der Waals surface area contributed by atoms with Crippen LogP contribution < -0.4 is 0 Å². The van der Waals surface area contributed by atoms with E-state index in [1.54, 1.807) is 4.90 Å². The number of methoxy groups -OCH3 is 1. The van der Waals surface area contributed by atoms with E-state index in [9.17, 15) is 13.2 Å². The van der Waals surface area contributed by atoms with Crippen molar-refractivity contribution in [1.82, 2.24) is 13.5 Å². The molecule has 2 fully saturated rings. The largest absolute Gasteiger partial charge is 0.375 e. The summed E-state index contributed by atoms with van der Waals surface area (Å²) in [6, 6.07) is 0. The number of hydrogen-bond acceptors (Lipinski definition) is 5. The Morgan fingerprint density at radius 2 is 1.64 bits per heavy atom. The molecule has 0 spiro atoms. The summed E-state index contributed by atoms with van der Waals surface area (Å²) in [4.78, 5) is 13.4. The van der Waals surface area contributed by atoms with Crippen LogP contribution in [0.1, 0.15) is 13.8 Å². The van der Waals surface area contributed by atoms with Gasteiger partial charge in [-0.2, -0.15) is 17.0 Å². The van der Waals surface area contributed by atoms with Crippen LogP contribution in [-0.4, -0.2) is 93.0 Å². The van der Waals surface area contributed by atoms with Crippen LogP contribution >= 0.6 is 0 Å². The Balaban J connectivity index is 1.96. The lowest BCUT2D eigenvalue weighted by Gasteiger charge is -2.40. The standard InChI is InChI=1S/C13H25N3O5S/c1-11-8-16(9-12(2)21-11)22(18,19)15-6-4-14(5-7-15)13(17)10-20-3/h11-12H,4-10H2,1-3H3/t11-,12+. The molecule has 0 aliphatic carbocycles. The van der Waals surface area contributed by atoms with Crippen molar-refractivity contribution < 1.29 is 22.7 Å². The molecule has 1 amide bonds. The highest BCUT2D eigenvalue weighted by molar-refractivity contribution is 7.86. The van der Waals surface area contributed by atoms with Crippen LogP contribution in [0.25, 0.3) is 0 Å². The number of amides is 1. The van der Waals surface area contributed by atoms with Gasteiger partial charge in [-0.3, -0.25) is 4.79 Å². The number of rotatable bonds is 4. The Hall–Kier alpha value is -0.740. The van der Waals surface area contributed by atoms with Crippen LogP contribution in [0.4, 0.5) is 0 Å². The predicted molar refractivity (Wildman–Crippen MR) is 80.5 cm³/mol. The molecule has 8 nitrogen and oxygen atoms in total. The summed E-state index contributed by atoms with van der Waals surface area (Å²) in [5, 5.41) is 0. The number of nitrogens with zero attached hydrogens (tertiary/aromatic N) is 3. The van der Waals surface area contributed by atoms with Gasteiger partial charge in [0.25, 0.3) is 10.2 Å². The Kier molecular flexibility index (Phi) is 5.78. The van der Waals surface area contributed by atoms with Crippen LogP contribution in [0.3, 0.4) is 0 Å². The van der Waals surface area contributed by atoms with E-state index < -0.39 is 10.2 Å². The van der Waals surface area contributed by atoms with Crippen LogP contribution in [0.2, 0.25) is 0 Å². The van der Waals surface area contributed by atoms with Crippen LogP contribution in [0.5, 0.6) is 0 Å². The molecule has 2 heterocycles. The molecule has 22 heavy (non-hydrogen) atoms. The minimum atomic E-state index is -3.49. The monoisotopic (exact) mass is 335 g/mol. The Bertz CT molecular complexity index is 480. The van der Waals surface area contributed by atoms with Gasteiger partial charge >= 0.3 is 0 Å². The summed E-state index contributed by atoms with van der Waals surface area (Å²) in [6.07, 6.45) is -0.216. The second kappa shape index (κ2) is 7.22. The van der Waals surface area contributed by atoms with Crippen molar-refractivity contribution in [2.24, 2.45) is 0 Å². The van der Waals surface area contributed by atoms with E-state index in [1.807, 2.05) is 13.8 Å². The highest BCUT2D eigenvalue weighted by atomic mass is 32.2. The van der Waals surface area contributed by atoms with E-state index in [4.69, 9.17) is 9.47 Å². The summed E-state index contributed by atoms with van der Waals surface area (Å²) in [6.45, 7) is 5.96. The fourth-order valence-electron chi connectivity index (χ4n) is 2.87. The zero-order valence-electron chi connectivity index (χ0n) is 13.4. The van der Waals surface area contributed by atoms with Gasteiger partial charge in [-0.15, -0.1) is 0 Å². The van der Waals surface area contributed by atoms with E-state index in [2.05, 4.69) is 0 Å². The van der Waals surface area contributed by atoms with Gasteiger partial charge in [0.15, 0.2) is 0 Å². The van der Waals surface area contributed by atoms with Crippen molar-refractivity contribution in [1.29, 1.82) is 0 Å². The summed E-state index contributed by atoms with van der Waals surface area (Å²) in [5.41, 5.74) is 0. The summed E-state index contributed by atoms with van der Waals surface area (Å²) in [7, 11) is -2.02. The molecule has 0 aromatic rings. The van der Waals surface area contributed by atoms with E-state index >= 15 is 0 Å². The van der Waals surface area contributed by atoms with Crippen molar-refractivity contribution in [2.45, 2.75) is 26.1 Å². The number of piperazine rings is 1. The zero-order valence-corrected chi connectivity index (χ0v) is 14.2. The molecule has 0 aromatic heterocycles. The quantitative estimate of drug-likeness (QED) is 0.667. The van der Waals surface area contributed by atoms with Gasteiger partial charge in [0, 0.05) is 46.4 Å². The minimum Gasteiger partial charge on any atom is -0.375 e. The molecule has 2 rings (SSSR count). The number of morpholine rings is 1. The molecule has 9 heteroatoms. The van der Waals surface area contributed by atoms with E-state index in [1.165, 1.54) is 15.7 Å². The zero-order chi connectivity index (χ0) is 16.3. The number of hydrogen-bond donors (Lipinski definition) is 0. The summed E-state index contributed by atoms with van der Waals surface area (Å²) in [5.74, 6) is -0.104. The van der Waals surface area contributed by atoms with Gasteiger partial charge in [-0.05, 0) is 13.8 Å². The smallest absolute Gasteiger partial charge is 0.282 e. The Morgan fingerprint density at radius 3 is 2.14 bits per heavy atom. The van der Waals surface area contributed by atoms with Crippen LogP contribution in [-0.2, 0) is 24.5 Å². The van der Waals surface area contributed by atoms with Gasteiger partial charge in [-0.1, -0.05) is 0 Å². The van der Waals surface area contributed by atoms with Gasteiger partial charge < -0.3 is 14.4 Å². The molecular weight excluding hydrogens is 310 g/mol. The molecule has 2 atom stereocenters. The molecule has 2 aliphatic rings. The Labute approximate surface area is 132 Å². The van der Waals surface area contributed by atoms with Crippen molar-refractivity contribution in [3.05, 3.63) is 0 Å². The van der Waals surface area contributed by atoms with Crippen molar-refractivity contribution >= 4 is 16.1 Å². The second-order valence-corrected chi connectivity index (χ2v) is 7.72. The topological polar surface area (TPSA) is 79.4 Å². The third kappa shape index (κ3) is 3.96. The lowest BCUT2D eigenvalue weighted by molar-refractivity contribution is -0.136. The molecule has 2 saturated heterocycles. The van der Waals surface area contributed by atoms with Crippen molar-refractivity contribution in [3.63, 3.8) is 0 Å². The molecule has 0 N–H and O–H groups in total. The molecule has 0 unspecified atom stereocenters. The molecule has 2 aliphatic heterocycles. The first-order valence-electron chi connectivity index (χ1n) is 7.52. The fourth-order valence-corrected chi connectivity index (χ4v) is 4.61. The Morgan fingerprint density at radius 1 is 1.09 bits per heavy atom. The van der Waals surface area contributed by atoms with Gasteiger partial charge in [0.2, 0.25) is 5.91 Å². The van der Waals surface area contributed by atoms with E-state index in [0.717, 1.165) is 0 Å². The van der Waals surface area contributed by atoms with Crippen molar-refractivity contribution in [3.8, 4) is 0 Å². The second-order valence-electron chi connectivity index (χ2n) is 5.79. The maximum absolute atomic E-state index is 12.7. The van der Waals surface area contributed by atoms with Crippen LogP contribution in [0.15, 0.2) is 0 Å². The summed E-state index contributed by atoms with van der Waals surface area (Å²) >= 11 is 0. The third-order valence-corrected chi connectivity index (χ3v) is 5.87.